The van der Waals surface area contributed by atoms with Gasteiger partial charge >= 0.3 is 11.9 Å². The molecule has 0 aliphatic carbocycles. The highest BCUT2D eigenvalue weighted by atomic mass is 35.5. The number of halogens is 1. The number of aromatic hydroxyl groups is 1. The van der Waals surface area contributed by atoms with Crippen molar-refractivity contribution in [3.8, 4) is 5.75 Å². The Morgan fingerprint density at radius 3 is 2.67 bits per heavy atom. The van der Waals surface area contributed by atoms with E-state index in [1.165, 1.54) is 25.0 Å². The summed E-state index contributed by atoms with van der Waals surface area (Å²) < 4.78 is 1.67. The molecular formula is C32H36ClN10O10S2+. The number of carbonyl (C=O) groups is 5. The van der Waals surface area contributed by atoms with Crippen molar-refractivity contribution in [2.45, 2.75) is 44.3 Å². The van der Waals surface area contributed by atoms with E-state index in [4.69, 9.17) is 27.9 Å². The first-order chi connectivity index (χ1) is 26.1. The maximum Gasteiger partial charge on any atom is 0.352 e. The summed E-state index contributed by atoms with van der Waals surface area (Å²) in [6.45, 7) is 3.27. The SMILES string of the molecule is CC1CC=C(N)SC(Cl)=C1/C(=N/OC(C)C(=O)O)C(=O)N[C@@H]1C(=O)N2C(C(=O)O)=C(C[n+]3cnc(N)c(NCCNC(=O)c4cc(=O)c(O)c[nH]4)c3)CSC12. The van der Waals surface area contributed by atoms with Gasteiger partial charge in [0.15, 0.2) is 11.5 Å². The lowest BCUT2D eigenvalue weighted by atomic mass is 9.94. The zero-order chi connectivity index (χ0) is 40.1. The molecule has 55 heavy (non-hydrogen) atoms. The average Bonchev–Trinajstić information content (AvgIpc) is 3.26. The predicted molar refractivity (Wildman–Crippen MR) is 200 cm³/mol. The lowest BCUT2D eigenvalue weighted by Crippen LogP contribution is -2.71. The molecule has 292 valence electrons. The monoisotopic (exact) mass is 819 g/mol. The number of nitrogens with two attached hydrogens (primary N) is 2. The number of nitrogen functional groups attached to an aromatic ring is 1. The third kappa shape index (κ3) is 9.15. The van der Waals surface area contributed by atoms with E-state index in [0.717, 1.165) is 28.9 Å². The number of thioether (sulfide) groups is 2. The van der Waals surface area contributed by atoms with Gasteiger partial charge in [-0.2, -0.15) is 0 Å². The van der Waals surface area contributed by atoms with Crippen molar-refractivity contribution in [1.82, 2.24) is 25.5 Å². The minimum absolute atomic E-state index is 0.00432. The molecule has 3 unspecified atom stereocenters. The largest absolute Gasteiger partial charge is 0.503 e. The molecule has 5 rings (SSSR count). The van der Waals surface area contributed by atoms with Crippen LogP contribution in [0.3, 0.4) is 0 Å². The van der Waals surface area contributed by atoms with E-state index in [0.29, 0.717) is 22.7 Å². The van der Waals surface area contributed by atoms with E-state index in [1.54, 1.807) is 23.8 Å². The summed E-state index contributed by atoms with van der Waals surface area (Å²) >= 11 is 8.73. The van der Waals surface area contributed by atoms with E-state index in [-0.39, 0.29) is 58.2 Å². The predicted octanol–water partition coefficient (Wildman–Crippen LogP) is -0.205. The Kier molecular flexibility index (Phi) is 12.6. The smallest absolute Gasteiger partial charge is 0.352 e. The van der Waals surface area contributed by atoms with Gasteiger partial charge in [0.05, 0.1) is 9.39 Å². The van der Waals surface area contributed by atoms with Gasteiger partial charge in [-0.1, -0.05) is 41.5 Å². The van der Waals surface area contributed by atoms with Gasteiger partial charge in [0.2, 0.25) is 11.5 Å². The van der Waals surface area contributed by atoms with Crippen molar-refractivity contribution in [3.63, 3.8) is 0 Å². The third-order valence-corrected chi connectivity index (χ3v) is 11.0. The number of H-pyrrole nitrogens is 1. The van der Waals surface area contributed by atoms with Gasteiger partial charge in [-0.15, -0.1) is 11.8 Å². The van der Waals surface area contributed by atoms with Crippen molar-refractivity contribution < 1.29 is 48.7 Å². The van der Waals surface area contributed by atoms with Crippen LogP contribution in [0.2, 0.25) is 0 Å². The Balaban J connectivity index is 1.28. The first kappa shape index (κ1) is 40.4. The number of nitrogens with one attached hydrogen (secondary N) is 4. The quantitative estimate of drug-likeness (QED) is 0.0392. The number of aromatic amines is 1. The summed E-state index contributed by atoms with van der Waals surface area (Å²) in [6.07, 6.45) is 4.64. The Hall–Kier alpha value is -5.74. The molecule has 0 aromatic carbocycles. The summed E-state index contributed by atoms with van der Waals surface area (Å²) in [4.78, 5) is 88.0. The first-order valence-corrected chi connectivity index (χ1v) is 18.6. The van der Waals surface area contributed by atoms with Crippen LogP contribution < -0.4 is 37.4 Å². The molecule has 3 amide bonds. The van der Waals surface area contributed by atoms with Crippen LogP contribution in [0.1, 0.15) is 30.8 Å². The van der Waals surface area contributed by atoms with Crippen LogP contribution in [-0.4, -0.2) is 102 Å². The highest BCUT2D eigenvalue weighted by Crippen LogP contribution is 2.41. The molecular weight excluding hydrogens is 784 g/mol. The number of carboxylic acids is 2. The number of carboxylic acid groups (broad SMARTS) is 2. The molecule has 0 saturated carbocycles. The number of allylic oxidation sites excluding steroid dienone is 1. The van der Waals surface area contributed by atoms with Crippen LogP contribution in [0.15, 0.2) is 67.1 Å². The molecule has 20 nitrogen and oxygen atoms in total. The van der Waals surface area contributed by atoms with Gasteiger partial charge in [-0.05, 0) is 24.2 Å². The highest BCUT2D eigenvalue weighted by Gasteiger charge is 2.54. The second-order valence-electron chi connectivity index (χ2n) is 12.3. The maximum absolute atomic E-state index is 13.7. The lowest BCUT2D eigenvalue weighted by molar-refractivity contribution is -0.691. The topological polar surface area (TPSA) is 309 Å². The van der Waals surface area contributed by atoms with E-state index in [1.807, 2.05) is 0 Å². The molecule has 0 radical (unpaired) electrons. The van der Waals surface area contributed by atoms with E-state index in [9.17, 15) is 44.1 Å². The Morgan fingerprint density at radius 2 is 1.98 bits per heavy atom. The van der Waals surface area contributed by atoms with Crippen molar-refractivity contribution in [2.75, 3.05) is 29.9 Å². The molecule has 1 fully saturated rings. The van der Waals surface area contributed by atoms with Crippen molar-refractivity contribution >= 4 is 82.0 Å². The number of nitrogens with zero attached hydrogens (tertiary/aromatic N) is 4. The number of anilines is 2. The van der Waals surface area contributed by atoms with Gasteiger partial charge in [0.25, 0.3) is 29.9 Å². The Labute approximate surface area is 325 Å². The minimum atomic E-state index is -1.42. The zero-order valence-corrected chi connectivity index (χ0v) is 31.5. The van der Waals surface area contributed by atoms with Crippen molar-refractivity contribution in [2.24, 2.45) is 16.8 Å². The molecule has 0 spiro atoms. The van der Waals surface area contributed by atoms with Crippen LogP contribution >= 0.6 is 35.1 Å². The minimum Gasteiger partial charge on any atom is -0.503 e. The average molecular weight is 820 g/mol. The number of aliphatic carboxylic acids is 2. The maximum atomic E-state index is 13.7. The summed E-state index contributed by atoms with van der Waals surface area (Å²) in [5, 5.41) is 40.6. The molecule has 4 atom stereocenters. The van der Waals surface area contributed by atoms with Crippen LogP contribution in [0.4, 0.5) is 11.5 Å². The number of fused-ring (bicyclic) bond motifs is 1. The fourth-order valence-electron chi connectivity index (χ4n) is 5.51. The second kappa shape index (κ2) is 17.2. The fourth-order valence-corrected chi connectivity index (χ4v) is 8.19. The molecule has 1 saturated heterocycles. The van der Waals surface area contributed by atoms with Crippen LogP contribution in [0.5, 0.6) is 5.75 Å². The highest BCUT2D eigenvalue weighted by molar-refractivity contribution is 8.08. The Bertz CT molecular complexity index is 2120. The summed E-state index contributed by atoms with van der Waals surface area (Å²) in [7, 11) is 0. The normalized spacial score (nSPS) is 20.4. The van der Waals surface area contributed by atoms with Gasteiger partial charge < -0.3 is 52.6 Å². The molecule has 5 heterocycles. The molecule has 2 aromatic rings. The van der Waals surface area contributed by atoms with Gasteiger partial charge in [-0.3, -0.25) is 24.1 Å². The number of carbonyl (C=O) groups excluding carboxylic acids is 3. The van der Waals surface area contributed by atoms with Gasteiger partial charge in [0, 0.05) is 42.3 Å². The molecule has 2 aromatic heterocycles. The molecule has 11 N–H and O–H groups in total. The molecule has 23 heteroatoms. The Morgan fingerprint density at radius 1 is 1.24 bits per heavy atom. The fraction of sp³-hybridized carbons (Fsp3) is 0.344. The standard InChI is InChI=1S/C32H35ClN10O10S2/c1-13-3-4-20(34)55-25(33)21(13)22(41-53-14(2)31(49)50)28(47)40-23-29(48)43-24(32(51)52)15(11-54-30(23)43)9-42-10-17(26(35)39-12-42)36-5-6-37-27(46)16-7-18(44)19(45)8-38-16/h4,7-8,10,12-14,23,30,35-36H,3,5-6,9,11,34H2,1-2H3,(H6,37,38,40,41,44,45,46,47,49,50,51,52)/p+1/t13?,14?,23-,30?/m1/s1. The number of rotatable bonds is 14. The number of hydrogen-bond acceptors (Lipinski definition) is 15. The zero-order valence-electron chi connectivity index (χ0n) is 29.1. The number of amides is 3. The number of pyridine rings is 1. The van der Waals surface area contributed by atoms with Crippen LogP contribution in [0, 0.1) is 5.92 Å². The molecule has 3 aliphatic rings. The number of β-lactam (4-membered cyclic amide) rings is 1. The third-order valence-electron chi connectivity index (χ3n) is 8.39. The van der Waals surface area contributed by atoms with Gasteiger partial charge in [0.1, 0.15) is 41.2 Å². The first-order valence-electron chi connectivity index (χ1n) is 16.4. The van der Waals surface area contributed by atoms with Crippen LogP contribution in [0.25, 0.3) is 0 Å². The van der Waals surface area contributed by atoms with Crippen molar-refractivity contribution in [1.29, 1.82) is 0 Å². The van der Waals surface area contributed by atoms with E-state index >= 15 is 0 Å². The van der Waals surface area contributed by atoms with E-state index in [2.05, 4.69) is 31.1 Å². The van der Waals surface area contributed by atoms with Crippen LogP contribution in [-0.2, 0) is 30.6 Å². The number of oxime groups is 1. The number of aromatic nitrogens is 3. The van der Waals surface area contributed by atoms with E-state index < -0.39 is 64.3 Å². The summed E-state index contributed by atoms with van der Waals surface area (Å²) in [6, 6.07) is -0.199. The number of hydrogen-bond donors (Lipinski definition) is 9. The van der Waals surface area contributed by atoms with Crippen molar-refractivity contribution in [3.05, 3.63) is 73.0 Å². The second-order valence-corrected chi connectivity index (χ2v) is 15.1. The molecule has 3 aliphatic heterocycles. The summed E-state index contributed by atoms with van der Waals surface area (Å²) in [5.41, 5.74) is 11.6. The summed E-state index contributed by atoms with van der Waals surface area (Å²) in [5.74, 6) is -5.52. The molecule has 0 bridgehead atoms. The lowest BCUT2D eigenvalue weighted by Gasteiger charge is -2.49. The van der Waals surface area contributed by atoms with Gasteiger partial charge in [-0.25, -0.2) is 14.2 Å².